The van der Waals surface area contributed by atoms with Crippen LogP contribution in [0.25, 0.3) is 10.4 Å². The van der Waals surface area contributed by atoms with Crippen LogP contribution in [0.5, 0.6) is 0 Å². The Morgan fingerprint density at radius 3 is 2.85 bits per heavy atom. The van der Waals surface area contributed by atoms with Crippen molar-refractivity contribution in [2.45, 2.75) is 32.2 Å². The van der Waals surface area contributed by atoms with Crippen molar-refractivity contribution < 1.29 is 14.7 Å². The zero-order chi connectivity index (χ0) is 15.0. The number of rotatable bonds is 7. The van der Waals surface area contributed by atoms with Gasteiger partial charge in [0.25, 0.3) is 0 Å². The second kappa shape index (κ2) is 7.81. The number of carbonyl (C=O) groups excluding carboxylic acids is 1. The van der Waals surface area contributed by atoms with E-state index in [0.29, 0.717) is 18.5 Å². The number of azide groups is 1. The van der Waals surface area contributed by atoms with Crippen molar-refractivity contribution in [3.05, 3.63) is 40.3 Å². The van der Waals surface area contributed by atoms with E-state index >= 15 is 0 Å². The molecule has 1 aromatic rings. The molecule has 1 atom stereocenters. The van der Waals surface area contributed by atoms with Crippen molar-refractivity contribution in [2.75, 3.05) is 5.32 Å². The van der Waals surface area contributed by atoms with Gasteiger partial charge in [-0.3, -0.25) is 9.59 Å². The minimum absolute atomic E-state index is 0.0306. The Kier molecular flexibility index (Phi) is 6.06. The molecule has 7 heteroatoms. The van der Waals surface area contributed by atoms with Crippen LogP contribution in [0.3, 0.4) is 0 Å². The van der Waals surface area contributed by atoms with Crippen molar-refractivity contribution in [1.29, 1.82) is 0 Å². The fourth-order valence-corrected chi connectivity index (χ4v) is 1.83. The zero-order valence-electron chi connectivity index (χ0n) is 11.1. The molecule has 0 bridgehead atoms. The second-order valence-corrected chi connectivity index (χ2v) is 4.31. The molecule has 1 amide bonds. The van der Waals surface area contributed by atoms with Crippen molar-refractivity contribution in [2.24, 2.45) is 5.11 Å². The van der Waals surface area contributed by atoms with E-state index in [0.717, 1.165) is 5.56 Å². The van der Waals surface area contributed by atoms with Crippen LogP contribution in [0.4, 0.5) is 5.69 Å². The van der Waals surface area contributed by atoms with Crippen LogP contribution >= 0.6 is 0 Å². The summed E-state index contributed by atoms with van der Waals surface area (Å²) >= 11 is 0. The van der Waals surface area contributed by atoms with Gasteiger partial charge in [0.15, 0.2) is 0 Å². The summed E-state index contributed by atoms with van der Waals surface area (Å²) in [5, 5.41) is 15.0. The molecule has 0 aliphatic heterocycles. The highest BCUT2D eigenvalue weighted by atomic mass is 16.4. The van der Waals surface area contributed by atoms with Gasteiger partial charge in [-0.25, -0.2) is 0 Å². The van der Waals surface area contributed by atoms with Crippen LogP contribution in [0.1, 0.15) is 37.8 Å². The molecular formula is C13H16N4O3. The summed E-state index contributed by atoms with van der Waals surface area (Å²) in [6, 6.07) is 6.55. The maximum absolute atomic E-state index is 11.0. The lowest BCUT2D eigenvalue weighted by Crippen LogP contribution is -2.06. The lowest BCUT2D eigenvalue weighted by Gasteiger charge is -2.12. The molecule has 0 aliphatic rings. The van der Waals surface area contributed by atoms with E-state index in [4.69, 9.17) is 10.6 Å². The third kappa shape index (κ3) is 5.41. The molecule has 0 spiro atoms. The number of carboxylic acid groups (broad SMARTS) is 1. The molecule has 0 saturated heterocycles. The summed E-state index contributed by atoms with van der Waals surface area (Å²) in [7, 11) is 0. The molecule has 0 aliphatic carbocycles. The fraction of sp³-hybridized carbons (Fsp3) is 0.385. The molecule has 0 fully saturated rings. The molecule has 0 radical (unpaired) electrons. The standard InChI is InChI=1S/C13H16N4O3/c1-9(18)15-11-5-2-4-10(8-11)12(16-17-14)6-3-7-13(19)20/h2,4-5,8,12H,3,6-7H2,1H3,(H,15,18)(H,19,20). The Bertz CT molecular complexity index is 538. The number of carboxylic acids is 1. The van der Waals surface area contributed by atoms with E-state index in [9.17, 15) is 9.59 Å². The monoisotopic (exact) mass is 276 g/mol. The number of nitrogens with one attached hydrogen (secondary N) is 1. The average Bonchev–Trinajstić information content (AvgIpc) is 2.37. The quantitative estimate of drug-likeness (QED) is 0.452. The highest BCUT2D eigenvalue weighted by Gasteiger charge is 2.11. The average molecular weight is 276 g/mol. The molecule has 0 saturated carbocycles. The van der Waals surface area contributed by atoms with Crippen LogP contribution in [0.2, 0.25) is 0 Å². The van der Waals surface area contributed by atoms with Crippen LogP contribution in [0.15, 0.2) is 29.4 Å². The largest absolute Gasteiger partial charge is 0.481 e. The third-order valence-electron chi connectivity index (χ3n) is 2.65. The van der Waals surface area contributed by atoms with Crippen LogP contribution in [0, 0.1) is 0 Å². The topological polar surface area (TPSA) is 115 Å². The molecule has 0 heterocycles. The normalized spacial score (nSPS) is 11.2. The highest BCUT2D eigenvalue weighted by Crippen LogP contribution is 2.26. The van der Waals surface area contributed by atoms with Gasteiger partial charge in [-0.1, -0.05) is 17.2 Å². The number of hydrogen-bond acceptors (Lipinski definition) is 3. The summed E-state index contributed by atoms with van der Waals surface area (Å²) in [6.07, 6.45) is 0.895. The van der Waals surface area contributed by atoms with Crippen molar-refractivity contribution in [1.82, 2.24) is 0 Å². The van der Waals surface area contributed by atoms with Gasteiger partial charge in [-0.15, -0.1) is 0 Å². The SMILES string of the molecule is CC(=O)Nc1cccc(C(CCCC(=O)O)N=[N+]=[N-])c1. The first-order chi connectivity index (χ1) is 9.52. The van der Waals surface area contributed by atoms with Gasteiger partial charge >= 0.3 is 5.97 Å². The summed E-state index contributed by atoms with van der Waals surface area (Å²) < 4.78 is 0. The molecule has 1 rings (SSSR count). The first-order valence-corrected chi connectivity index (χ1v) is 6.16. The van der Waals surface area contributed by atoms with E-state index in [1.807, 2.05) is 0 Å². The zero-order valence-corrected chi connectivity index (χ0v) is 11.1. The number of nitrogens with zero attached hydrogens (tertiary/aromatic N) is 3. The van der Waals surface area contributed by atoms with Gasteiger partial charge in [-0.05, 0) is 36.1 Å². The first-order valence-electron chi connectivity index (χ1n) is 6.16. The maximum Gasteiger partial charge on any atom is 0.303 e. The van der Waals surface area contributed by atoms with Gasteiger partial charge in [0, 0.05) is 23.9 Å². The summed E-state index contributed by atoms with van der Waals surface area (Å²) in [4.78, 5) is 24.3. The number of anilines is 1. The predicted molar refractivity (Wildman–Crippen MR) is 74.1 cm³/mol. The molecule has 2 N–H and O–H groups in total. The predicted octanol–water partition coefficient (Wildman–Crippen LogP) is 3.25. The molecule has 106 valence electrons. The van der Waals surface area contributed by atoms with Gasteiger partial charge in [0.2, 0.25) is 5.91 Å². The second-order valence-electron chi connectivity index (χ2n) is 4.31. The van der Waals surface area contributed by atoms with Gasteiger partial charge < -0.3 is 10.4 Å². The minimum Gasteiger partial charge on any atom is -0.481 e. The molecule has 20 heavy (non-hydrogen) atoms. The highest BCUT2D eigenvalue weighted by molar-refractivity contribution is 5.88. The van der Waals surface area contributed by atoms with Crippen LogP contribution in [-0.4, -0.2) is 17.0 Å². The fourth-order valence-electron chi connectivity index (χ4n) is 1.83. The number of amides is 1. The third-order valence-corrected chi connectivity index (χ3v) is 2.65. The summed E-state index contributed by atoms with van der Waals surface area (Å²) in [6.45, 7) is 1.41. The summed E-state index contributed by atoms with van der Waals surface area (Å²) in [5.41, 5.74) is 9.96. The first kappa shape index (κ1) is 15.5. The van der Waals surface area contributed by atoms with Crippen molar-refractivity contribution in [3.63, 3.8) is 0 Å². The van der Waals surface area contributed by atoms with Gasteiger partial charge in [0.1, 0.15) is 0 Å². The minimum atomic E-state index is -0.878. The van der Waals surface area contributed by atoms with E-state index in [2.05, 4.69) is 15.3 Å². The Morgan fingerprint density at radius 1 is 1.50 bits per heavy atom. The Balaban J connectivity index is 2.82. The number of carbonyl (C=O) groups is 2. The summed E-state index contributed by atoms with van der Waals surface area (Å²) in [5.74, 6) is -1.06. The Labute approximate surface area is 116 Å². The molecule has 7 nitrogen and oxygen atoms in total. The Morgan fingerprint density at radius 2 is 2.25 bits per heavy atom. The van der Waals surface area contributed by atoms with E-state index in [-0.39, 0.29) is 12.3 Å². The molecule has 1 unspecified atom stereocenters. The number of hydrogen-bond donors (Lipinski definition) is 2. The Hall–Kier alpha value is -2.53. The lowest BCUT2D eigenvalue weighted by atomic mass is 10.0. The van der Waals surface area contributed by atoms with Gasteiger partial charge in [0.05, 0.1) is 6.04 Å². The maximum atomic E-state index is 11.0. The lowest BCUT2D eigenvalue weighted by molar-refractivity contribution is -0.137. The molecular weight excluding hydrogens is 260 g/mol. The van der Waals surface area contributed by atoms with Crippen molar-refractivity contribution >= 4 is 17.6 Å². The van der Waals surface area contributed by atoms with Crippen LogP contribution < -0.4 is 5.32 Å². The van der Waals surface area contributed by atoms with Crippen molar-refractivity contribution in [3.8, 4) is 0 Å². The number of aliphatic carboxylic acids is 1. The smallest absolute Gasteiger partial charge is 0.303 e. The number of benzene rings is 1. The molecule has 0 aromatic heterocycles. The van der Waals surface area contributed by atoms with Crippen LogP contribution in [-0.2, 0) is 9.59 Å². The molecule has 1 aromatic carbocycles. The van der Waals surface area contributed by atoms with Gasteiger partial charge in [-0.2, -0.15) is 0 Å². The van der Waals surface area contributed by atoms with E-state index in [1.165, 1.54) is 6.92 Å². The van der Waals surface area contributed by atoms with E-state index < -0.39 is 12.0 Å². The van der Waals surface area contributed by atoms with E-state index in [1.54, 1.807) is 24.3 Å².